The maximum Gasteiger partial charge on any atom is 0.230 e. The zero-order chi connectivity index (χ0) is 38.0. The van der Waals surface area contributed by atoms with E-state index in [0.717, 1.165) is 70.5 Å². The number of benzene rings is 2. The highest BCUT2D eigenvalue weighted by Gasteiger charge is 2.38. The molecule has 1 aliphatic carbocycles. The number of hydrogen-bond acceptors (Lipinski definition) is 4. The van der Waals surface area contributed by atoms with Crippen molar-refractivity contribution in [3.05, 3.63) is 84.2 Å². The summed E-state index contributed by atoms with van der Waals surface area (Å²) >= 11 is 0. The first-order valence-electron chi connectivity index (χ1n) is 18.6. The van der Waals surface area contributed by atoms with Crippen LogP contribution in [-0.2, 0) is 4.79 Å². The van der Waals surface area contributed by atoms with Crippen LogP contribution in [0.15, 0.2) is 77.6 Å². The molecule has 0 saturated carbocycles. The number of allylic oxidation sites excluding steroid dienone is 1. The molecule has 1 unspecified atom stereocenters. The molecule has 5 rings (SSSR count). The molecule has 4 aromatic rings. The molecule has 1 amide bonds. The summed E-state index contributed by atoms with van der Waals surface area (Å²) in [6.45, 7) is 17.1. The molecule has 9 nitrogen and oxygen atoms in total. The molecule has 278 valence electrons. The minimum Gasteiger partial charge on any atom is -0.349 e. The SMILES string of the molecule is CN(C)C(=NC(c1ncc(-c2ccc(-c3ccc(-c4cnc([C@@H](NC(=O)C(C)(C)C5=CCCCC5)C(C)(C)C)[nH]4)cc3)cc2)[nH]1)C(C)(C)C)N(C)C. The minimum absolute atomic E-state index is 0.0451. The van der Waals surface area contributed by atoms with E-state index in [2.05, 4.69) is 111 Å². The van der Waals surface area contributed by atoms with E-state index in [0.29, 0.717) is 0 Å². The van der Waals surface area contributed by atoms with Gasteiger partial charge >= 0.3 is 0 Å². The maximum atomic E-state index is 13.7. The van der Waals surface area contributed by atoms with Crippen molar-refractivity contribution in [2.75, 3.05) is 28.2 Å². The molecule has 0 bridgehead atoms. The lowest BCUT2D eigenvalue weighted by Crippen LogP contribution is -2.44. The second-order valence-electron chi connectivity index (χ2n) is 17.4. The van der Waals surface area contributed by atoms with Crippen molar-refractivity contribution in [2.24, 2.45) is 21.2 Å². The predicted octanol–water partition coefficient (Wildman–Crippen LogP) is 9.43. The third-order valence-corrected chi connectivity index (χ3v) is 10.1. The van der Waals surface area contributed by atoms with Crippen molar-refractivity contribution in [1.29, 1.82) is 0 Å². The standard InChI is InChI=1S/C43H60N8O/c1-41(2,3)35(48-39(52)43(7,8)32-16-14-13-15-17-32)37-44-26-33(46-37)30-22-18-28(19-23-30)29-20-24-31(25-21-29)34-27-45-38(47-34)36(42(4,5)6)49-40(50(9)10)51(11)12/h16,18-27,35-36H,13-15,17H2,1-12H3,(H,44,46)(H,45,47)(H,48,52)/t35-,36?/m1/s1. The second kappa shape index (κ2) is 15.1. The van der Waals surface area contributed by atoms with Crippen molar-refractivity contribution >= 4 is 11.9 Å². The van der Waals surface area contributed by atoms with Gasteiger partial charge in [-0.3, -0.25) is 4.79 Å². The van der Waals surface area contributed by atoms with E-state index in [-0.39, 0.29) is 28.8 Å². The van der Waals surface area contributed by atoms with Gasteiger partial charge in [-0.05, 0) is 72.6 Å². The van der Waals surface area contributed by atoms with Crippen LogP contribution in [0.25, 0.3) is 33.6 Å². The third-order valence-electron chi connectivity index (χ3n) is 10.1. The molecule has 0 aliphatic heterocycles. The van der Waals surface area contributed by atoms with Gasteiger partial charge in [0.25, 0.3) is 0 Å². The van der Waals surface area contributed by atoms with E-state index in [1.165, 1.54) is 12.0 Å². The fraction of sp³-hybridized carbons (Fsp3) is 0.488. The lowest BCUT2D eigenvalue weighted by Gasteiger charge is -2.35. The molecule has 1 aliphatic rings. The Kier molecular flexibility index (Phi) is 11.2. The molecule has 2 heterocycles. The summed E-state index contributed by atoms with van der Waals surface area (Å²) in [6, 6.07) is 16.7. The number of guanidine groups is 1. The topological polar surface area (TPSA) is 105 Å². The highest BCUT2D eigenvalue weighted by Crippen LogP contribution is 2.39. The number of carbonyl (C=O) groups excluding carboxylic acids is 1. The molecule has 2 aromatic heterocycles. The number of aromatic amines is 2. The van der Waals surface area contributed by atoms with E-state index in [1.54, 1.807) is 0 Å². The summed E-state index contributed by atoms with van der Waals surface area (Å²) in [4.78, 5) is 39.5. The van der Waals surface area contributed by atoms with Crippen molar-refractivity contribution in [1.82, 2.24) is 35.1 Å². The molecule has 0 spiro atoms. The lowest BCUT2D eigenvalue weighted by molar-refractivity contribution is -0.129. The largest absolute Gasteiger partial charge is 0.349 e. The summed E-state index contributed by atoms with van der Waals surface area (Å²) in [6.07, 6.45) is 10.4. The van der Waals surface area contributed by atoms with E-state index >= 15 is 0 Å². The average Bonchev–Trinajstić information content (AvgIpc) is 3.77. The Morgan fingerprint density at radius 2 is 1.19 bits per heavy atom. The van der Waals surface area contributed by atoms with Crippen molar-refractivity contribution in [3.63, 3.8) is 0 Å². The number of aromatic nitrogens is 4. The van der Waals surface area contributed by atoms with E-state index in [9.17, 15) is 4.79 Å². The summed E-state index contributed by atoms with van der Waals surface area (Å²) in [5.41, 5.74) is 6.57. The van der Waals surface area contributed by atoms with Crippen LogP contribution in [0.5, 0.6) is 0 Å². The fourth-order valence-corrected chi connectivity index (χ4v) is 6.91. The van der Waals surface area contributed by atoms with E-state index < -0.39 is 5.41 Å². The lowest BCUT2D eigenvalue weighted by atomic mass is 9.77. The van der Waals surface area contributed by atoms with Crippen LogP contribution in [0.1, 0.15) is 105 Å². The molecule has 0 radical (unpaired) electrons. The Morgan fingerprint density at radius 1 is 0.712 bits per heavy atom. The van der Waals surface area contributed by atoms with E-state index in [1.807, 2.05) is 64.2 Å². The van der Waals surface area contributed by atoms with Gasteiger partial charge in [-0.25, -0.2) is 15.0 Å². The fourth-order valence-electron chi connectivity index (χ4n) is 6.91. The van der Waals surface area contributed by atoms with Crippen LogP contribution in [0.4, 0.5) is 0 Å². The molecular weight excluding hydrogens is 645 g/mol. The number of nitrogens with zero attached hydrogens (tertiary/aromatic N) is 5. The van der Waals surface area contributed by atoms with Gasteiger partial charge in [0.05, 0.1) is 35.2 Å². The van der Waals surface area contributed by atoms with Crippen LogP contribution < -0.4 is 5.32 Å². The van der Waals surface area contributed by atoms with Gasteiger partial charge in [0.2, 0.25) is 5.91 Å². The number of nitrogens with one attached hydrogen (secondary N) is 3. The van der Waals surface area contributed by atoms with Gasteiger partial charge in [0, 0.05) is 28.2 Å². The van der Waals surface area contributed by atoms with Crippen LogP contribution in [0, 0.1) is 16.2 Å². The van der Waals surface area contributed by atoms with E-state index in [4.69, 9.17) is 15.0 Å². The number of H-pyrrole nitrogens is 2. The predicted molar refractivity (Wildman–Crippen MR) is 215 cm³/mol. The second-order valence-corrected chi connectivity index (χ2v) is 17.4. The smallest absolute Gasteiger partial charge is 0.230 e. The van der Waals surface area contributed by atoms with Crippen LogP contribution in [0.3, 0.4) is 0 Å². The maximum absolute atomic E-state index is 13.7. The number of aliphatic imine (C=N–C) groups is 1. The Balaban J connectivity index is 1.31. The summed E-state index contributed by atoms with van der Waals surface area (Å²) in [5.74, 6) is 2.56. The van der Waals surface area contributed by atoms with Crippen molar-refractivity contribution in [2.45, 2.75) is 93.2 Å². The zero-order valence-electron chi connectivity index (χ0n) is 33.5. The molecule has 9 heteroatoms. The number of rotatable bonds is 9. The summed E-state index contributed by atoms with van der Waals surface area (Å²) in [7, 11) is 8.05. The quantitative estimate of drug-likeness (QED) is 0.0915. The first-order chi connectivity index (χ1) is 24.4. The van der Waals surface area contributed by atoms with Gasteiger partial charge in [-0.2, -0.15) is 0 Å². The Hall–Kier alpha value is -4.66. The molecule has 52 heavy (non-hydrogen) atoms. The molecule has 3 N–H and O–H groups in total. The third kappa shape index (κ3) is 8.68. The first-order valence-corrected chi connectivity index (χ1v) is 18.6. The molecule has 2 atom stereocenters. The zero-order valence-corrected chi connectivity index (χ0v) is 33.5. The Bertz CT molecular complexity index is 1870. The van der Waals surface area contributed by atoms with Crippen LogP contribution in [0.2, 0.25) is 0 Å². The van der Waals surface area contributed by atoms with Gasteiger partial charge in [0.15, 0.2) is 5.96 Å². The highest BCUT2D eigenvalue weighted by molar-refractivity contribution is 5.85. The Labute approximate surface area is 311 Å². The molecular formula is C43H60N8O. The first kappa shape index (κ1) is 38.6. The van der Waals surface area contributed by atoms with Crippen LogP contribution in [-0.4, -0.2) is 69.8 Å². The van der Waals surface area contributed by atoms with Gasteiger partial charge < -0.3 is 25.1 Å². The number of hydrogen-bond donors (Lipinski definition) is 3. The van der Waals surface area contributed by atoms with Crippen molar-refractivity contribution in [3.8, 4) is 33.6 Å². The highest BCUT2D eigenvalue weighted by atomic mass is 16.2. The molecule has 0 saturated heterocycles. The molecule has 0 fully saturated rings. The van der Waals surface area contributed by atoms with Gasteiger partial charge in [0.1, 0.15) is 17.7 Å². The molecule has 2 aromatic carbocycles. The number of carbonyl (C=O) groups is 1. The monoisotopic (exact) mass is 704 g/mol. The normalized spacial score (nSPS) is 15.0. The number of imidazole rings is 2. The van der Waals surface area contributed by atoms with Gasteiger partial charge in [-0.1, -0.05) is 102 Å². The van der Waals surface area contributed by atoms with Gasteiger partial charge in [-0.15, -0.1) is 0 Å². The van der Waals surface area contributed by atoms with Crippen molar-refractivity contribution < 1.29 is 4.79 Å². The number of amides is 1. The summed E-state index contributed by atoms with van der Waals surface area (Å²) < 4.78 is 0. The average molecular weight is 705 g/mol. The summed E-state index contributed by atoms with van der Waals surface area (Å²) in [5, 5.41) is 3.36. The minimum atomic E-state index is -0.554. The van der Waals surface area contributed by atoms with Crippen LogP contribution >= 0.6 is 0 Å². The Morgan fingerprint density at radius 3 is 1.63 bits per heavy atom.